The van der Waals surface area contributed by atoms with E-state index in [2.05, 4.69) is 5.32 Å². The molecule has 2 aliphatic carbocycles. The molecule has 10 heavy (non-hydrogen) atoms. The molecule has 56 valence electrons. The molecule has 1 nitrogen and oxygen atoms in total. The molecule has 0 aromatic rings. The Morgan fingerprint density at radius 2 is 1.20 bits per heavy atom. The highest BCUT2D eigenvalue weighted by molar-refractivity contribution is 4.89. The maximum atomic E-state index is 2.66. The first kappa shape index (κ1) is 5.59. The van der Waals surface area contributed by atoms with Gasteiger partial charge >= 0.3 is 0 Å². The van der Waals surface area contributed by atoms with E-state index in [1.165, 1.54) is 0 Å². The minimum absolute atomic E-state index is 1.05. The van der Waals surface area contributed by atoms with Crippen LogP contribution in [-0.4, -0.2) is 12.1 Å². The Morgan fingerprint density at radius 1 is 0.700 bits per heavy atom. The van der Waals surface area contributed by atoms with Gasteiger partial charge in [0.25, 0.3) is 0 Å². The lowest BCUT2D eigenvalue weighted by atomic mass is 9.65. The molecule has 4 aliphatic rings. The molecule has 0 aromatic carbocycles. The summed E-state index contributed by atoms with van der Waals surface area (Å²) in [6.07, 6.45) is 7.78. The predicted molar refractivity (Wildman–Crippen MR) is 39.6 cm³/mol. The van der Waals surface area contributed by atoms with Gasteiger partial charge in [-0.1, -0.05) is 0 Å². The van der Waals surface area contributed by atoms with E-state index in [-0.39, 0.29) is 0 Å². The number of piperidine rings is 2. The van der Waals surface area contributed by atoms with Gasteiger partial charge in [0.1, 0.15) is 0 Å². The number of quaternary nitrogens is 1. The Kier molecular flexibility index (Phi) is 0.984. The third kappa shape index (κ3) is 0.672. The average molecular weight is 138 g/mol. The van der Waals surface area contributed by atoms with E-state index in [9.17, 15) is 0 Å². The fourth-order valence-corrected chi connectivity index (χ4v) is 3.65. The van der Waals surface area contributed by atoms with Crippen LogP contribution in [0.4, 0.5) is 0 Å². The number of nitrogens with two attached hydrogens (primary N) is 1. The topological polar surface area (TPSA) is 16.6 Å². The van der Waals surface area contributed by atoms with E-state index in [0.717, 1.165) is 23.9 Å². The van der Waals surface area contributed by atoms with Crippen LogP contribution in [0, 0.1) is 11.8 Å². The largest absolute Gasteiger partial charge is 0.341 e. The molecule has 4 fully saturated rings. The zero-order chi connectivity index (χ0) is 6.55. The van der Waals surface area contributed by atoms with Gasteiger partial charge in [0, 0.05) is 25.7 Å². The highest BCUT2D eigenvalue weighted by atomic mass is 15.0. The second-order valence-electron chi connectivity index (χ2n) is 4.62. The van der Waals surface area contributed by atoms with Crippen LogP contribution in [0.5, 0.6) is 0 Å². The minimum atomic E-state index is 1.05. The van der Waals surface area contributed by atoms with Crippen LogP contribution in [0.2, 0.25) is 0 Å². The van der Waals surface area contributed by atoms with Crippen molar-refractivity contribution in [3.05, 3.63) is 0 Å². The SMILES string of the molecule is C1C2CC3CC1CC(C2)[NH2+]3. The first-order valence-electron chi connectivity index (χ1n) is 4.75. The van der Waals surface area contributed by atoms with Crippen molar-refractivity contribution in [2.75, 3.05) is 0 Å². The molecule has 4 bridgehead atoms. The Balaban J connectivity index is 1.90. The van der Waals surface area contributed by atoms with Crippen molar-refractivity contribution in [1.82, 2.24) is 0 Å². The number of hydrogen-bond acceptors (Lipinski definition) is 0. The van der Waals surface area contributed by atoms with Crippen LogP contribution in [-0.2, 0) is 0 Å². The van der Waals surface area contributed by atoms with Gasteiger partial charge in [0.2, 0.25) is 0 Å². The Labute approximate surface area is 62.2 Å². The number of hydrogen-bond donors (Lipinski definition) is 1. The van der Waals surface area contributed by atoms with Crippen LogP contribution in [0.25, 0.3) is 0 Å². The fourth-order valence-electron chi connectivity index (χ4n) is 3.65. The van der Waals surface area contributed by atoms with E-state index in [0.29, 0.717) is 0 Å². The normalized spacial score (nSPS) is 57.6. The molecule has 1 heteroatoms. The van der Waals surface area contributed by atoms with Crippen molar-refractivity contribution < 1.29 is 5.32 Å². The summed E-state index contributed by atoms with van der Waals surface area (Å²) in [7, 11) is 0. The van der Waals surface area contributed by atoms with Crippen LogP contribution in [0.15, 0.2) is 0 Å². The molecular weight excluding hydrogens is 122 g/mol. The fraction of sp³-hybridized carbons (Fsp3) is 1.00. The zero-order valence-electron chi connectivity index (χ0n) is 6.42. The molecule has 0 aromatic heterocycles. The van der Waals surface area contributed by atoms with Crippen LogP contribution >= 0.6 is 0 Å². The third-order valence-corrected chi connectivity index (χ3v) is 3.76. The van der Waals surface area contributed by atoms with Crippen molar-refractivity contribution in [2.24, 2.45) is 11.8 Å². The van der Waals surface area contributed by atoms with E-state index in [4.69, 9.17) is 0 Å². The van der Waals surface area contributed by atoms with Gasteiger partial charge in [-0.15, -0.1) is 0 Å². The summed E-state index contributed by atoms with van der Waals surface area (Å²) in [5.74, 6) is 2.29. The third-order valence-electron chi connectivity index (χ3n) is 3.76. The van der Waals surface area contributed by atoms with Crippen molar-refractivity contribution in [3.8, 4) is 0 Å². The van der Waals surface area contributed by atoms with Crippen molar-refractivity contribution in [1.29, 1.82) is 0 Å². The maximum Gasteiger partial charge on any atom is 0.0866 e. The van der Waals surface area contributed by atoms with Gasteiger partial charge in [-0.2, -0.15) is 0 Å². The molecule has 2 saturated heterocycles. The summed E-state index contributed by atoms with van der Waals surface area (Å²) < 4.78 is 0. The summed E-state index contributed by atoms with van der Waals surface area (Å²) in [4.78, 5) is 0. The first-order chi connectivity index (χ1) is 4.90. The summed E-state index contributed by atoms with van der Waals surface area (Å²) in [6.45, 7) is 0. The van der Waals surface area contributed by atoms with Crippen molar-refractivity contribution >= 4 is 0 Å². The van der Waals surface area contributed by atoms with E-state index >= 15 is 0 Å². The summed E-state index contributed by atoms with van der Waals surface area (Å²) in [6, 6.07) is 2.10. The van der Waals surface area contributed by atoms with E-state index in [1.807, 2.05) is 0 Å². The Morgan fingerprint density at radius 3 is 1.60 bits per heavy atom. The van der Waals surface area contributed by atoms with Gasteiger partial charge in [-0.25, -0.2) is 0 Å². The zero-order valence-corrected chi connectivity index (χ0v) is 6.42. The molecule has 2 saturated carbocycles. The van der Waals surface area contributed by atoms with Crippen LogP contribution in [0.1, 0.15) is 32.1 Å². The van der Waals surface area contributed by atoms with Gasteiger partial charge in [-0.3, -0.25) is 0 Å². The van der Waals surface area contributed by atoms with Gasteiger partial charge in [0.15, 0.2) is 0 Å². The number of rotatable bonds is 0. The Bertz CT molecular complexity index is 96.3. The molecule has 0 unspecified atom stereocenters. The van der Waals surface area contributed by atoms with Crippen molar-refractivity contribution in [2.45, 2.75) is 44.2 Å². The Hall–Kier alpha value is -0.0400. The van der Waals surface area contributed by atoms with Gasteiger partial charge in [0.05, 0.1) is 12.1 Å². The molecule has 0 atom stereocenters. The average Bonchev–Trinajstić information content (AvgIpc) is 1.82. The van der Waals surface area contributed by atoms with Gasteiger partial charge < -0.3 is 5.32 Å². The lowest BCUT2D eigenvalue weighted by Gasteiger charge is -2.47. The molecule has 2 aliphatic heterocycles. The lowest BCUT2D eigenvalue weighted by molar-refractivity contribution is -0.748. The second kappa shape index (κ2) is 1.76. The predicted octanol–water partition coefficient (Wildman–Crippen LogP) is 0.511. The smallest absolute Gasteiger partial charge is 0.0866 e. The molecular formula is C9H16N+. The van der Waals surface area contributed by atoms with Gasteiger partial charge in [-0.05, 0) is 18.3 Å². The molecule has 0 amide bonds. The summed E-state index contributed by atoms with van der Waals surface area (Å²) in [5.41, 5.74) is 0. The van der Waals surface area contributed by atoms with Crippen LogP contribution < -0.4 is 5.32 Å². The monoisotopic (exact) mass is 138 g/mol. The summed E-state index contributed by atoms with van der Waals surface area (Å²) in [5, 5.41) is 2.66. The molecule has 0 radical (unpaired) electrons. The van der Waals surface area contributed by atoms with Crippen LogP contribution in [0.3, 0.4) is 0 Å². The molecule has 4 rings (SSSR count). The molecule has 2 heterocycles. The highest BCUT2D eigenvalue weighted by Crippen LogP contribution is 2.41. The standard InChI is InChI=1S/C9H15N/c1-6-2-8-4-7(1)5-9(3-6)10-8/h6-10H,1-5H2/p+1. The lowest BCUT2D eigenvalue weighted by Crippen LogP contribution is -2.99. The maximum absolute atomic E-state index is 2.66. The summed E-state index contributed by atoms with van der Waals surface area (Å²) >= 11 is 0. The molecule has 2 N–H and O–H groups in total. The first-order valence-corrected chi connectivity index (χ1v) is 4.75. The van der Waals surface area contributed by atoms with Crippen molar-refractivity contribution in [3.63, 3.8) is 0 Å². The highest BCUT2D eigenvalue weighted by Gasteiger charge is 2.44. The minimum Gasteiger partial charge on any atom is -0.341 e. The second-order valence-corrected chi connectivity index (χ2v) is 4.62. The van der Waals surface area contributed by atoms with E-state index < -0.39 is 0 Å². The quantitative estimate of drug-likeness (QED) is 0.502. The molecule has 0 spiro atoms. The van der Waals surface area contributed by atoms with E-state index in [1.54, 1.807) is 32.1 Å².